The number of aromatic hydroxyl groups is 1. The summed E-state index contributed by atoms with van der Waals surface area (Å²) in [7, 11) is 0. The van der Waals surface area contributed by atoms with Gasteiger partial charge in [-0.15, -0.1) is 0 Å². The van der Waals surface area contributed by atoms with E-state index >= 15 is 0 Å². The van der Waals surface area contributed by atoms with Gasteiger partial charge in [0.25, 0.3) is 0 Å². The fourth-order valence-electron chi connectivity index (χ4n) is 3.62. The Kier molecular flexibility index (Phi) is 10.1. The number of aromatic nitrogens is 2. The van der Waals surface area contributed by atoms with Crippen LogP contribution in [0.25, 0.3) is 11.1 Å². The van der Waals surface area contributed by atoms with E-state index in [4.69, 9.17) is 0 Å². The van der Waals surface area contributed by atoms with Crippen molar-refractivity contribution < 1.29 is 9.90 Å². The summed E-state index contributed by atoms with van der Waals surface area (Å²) in [4.78, 5) is 32.2. The van der Waals surface area contributed by atoms with Gasteiger partial charge in [0.2, 0.25) is 0 Å². The quantitative estimate of drug-likeness (QED) is 0.265. The van der Waals surface area contributed by atoms with E-state index in [2.05, 4.69) is 27.1 Å². The Morgan fingerprint density at radius 2 is 1.86 bits per heavy atom. The first-order valence-corrected chi connectivity index (χ1v) is 18.3. The Bertz CT molecular complexity index is 1260. The van der Waals surface area contributed by atoms with Gasteiger partial charge in [-0.3, -0.25) is 0 Å². The summed E-state index contributed by atoms with van der Waals surface area (Å²) in [6.45, 7) is 4.57. The Morgan fingerprint density at radius 3 is 2.51 bits per heavy atom. The van der Waals surface area contributed by atoms with E-state index in [1.54, 1.807) is 22.9 Å². The molecule has 10 heteroatoms. The molecule has 0 atom stereocenters. The maximum atomic E-state index is 13.5. The van der Waals surface area contributed by atoms with Gasteiger partial charge >= 0.3 is 228 Å². The minimum atomic E-state index is -0.925. The van der Waals surface area contributed by atoms with E-state index in [0.29, 0.717) is 17.8 Å². The number of nitrogens with one attached hydrogen (secondary N) is 2. The molecule has 3 rings (SSSR count). The van der Waals surface area contributed by atoms with Crippen molar-refractivity contribution in [2.75, 3.05) is 23.1 Å². The van der Waals surface area contributed by atoms with Crippen LogP contribution in [-0.2, 0) is 6.54 Å². The molecule has 0 aliphatic rings. The van der Waals surface area contributed by atoms with Crippen molar-refractivity contribution in [3.8, 4) is 16.9 Å². The predicted octanol–water partition coefficient (Wildman–Crippen LogP) is 5.19. The Hall–Kier alpha value is -2.01. The van der Waals surface area contributed by atoms with Crippen LogP contribution in [0.4, 0.5) is 16.2 Å². The molecule has 0 saturated heterocycles. The van der Waals surface area contributed by atoms with Crippen LogP contribution in [0.3, 0.4) is 0 Å². The number of amides is 2. The Labute approximate surface area is 226 Å². The third-order valence-electron chi connectivity index (χ3n) is 5.36. The molecule has 0 aliphatic heterocycles. The van der Waals surface area contributed by atoms with E-state index in [1.807, 2.05) is 37.6 Å². The van der Waals surface area contributed by atoms with Crippen LogP contribution < -0.4 is 19.4 Å². The third kappa shape index (κ3) is 6.61. The van der Waals surface area contributed by atoms with Gasteiger partial charge in [-0.25, -0.2) is 0 Å². The van der Waals surface area contributed by atoms with Crippen LogP contribution in [0.2, 0.25) is 4.58 Å². The molecule has 2 aromatic heterocycles. The van der Waals surface area contributed by atoms with Crippen molar-refractivity contribution in [3.63, 3.8) is 0 Å². The molecule has 0 bridgehead atoms. The average molecular weight is 708 g/mol. The van der Waals surface area contributed by atoms with E-state index in [-0.39, 0.29) is 17.0 Å². The van der Waals surface area contributed by atoms with Crippen LogP contribution in [0, 0.1) is 6.92 Å². The van der Waals surface area contributed by atoms with Crippen molar-refractivity contribution in [1.29, 1.82) is 0 Å². The Morgan fingerprint density at radius 1 is 1.11 bits per heavy atom. The number of anilines is 2. The molecule has 0 aliphatic carbocycles. The fourth-order valence-corrected chi connectivity index (χ4v) is 7.40. The van der Waals surface area contributed by atoms with Gasteiger partial charge < -0.3 is 0 Å². The molecular formula is C25H30N4O3PoS2. The summed E-state index contributed by atoms with van der Waals surface area (Å²) < 4.78 is 4.85. The van der Waals surface area contributed by atoms with Crippen LogP contribution in [0.5, 0.6) is 5.75 Å². The summed E-state index contributed by atoms with van der Waals surface area (Å²) in [5.74, 6) is 0.204. The molecule has 0 fully saturated rings. The second kappa shape index (κ2) is 12.8. The number of rotatable bonds is 9. The number of hydrogen-bond donors (Lipinski definition) is 3. The number of unbranched alkanes of at least 4 members (excludes halogenated alkanes) is 1. The van der Waals surface area contributed by atoms with Crippen LogP contribution in [0.15, 0.2) is 51.2 Å². The Balaban J connectivity index is 2.07. The van der Waals surface area contributed by atoms with E-state index in [1.165, 1.54) is 23.5 Å². The minimum absolute atomic E-state index is 0.204. The van der Waals surface area contributed by atoms with E-state index in [9.17, 15) is 14.7 Å². The first-order chi connectivity index (χ1) is 16.8. The number of phenols is 1. The van der Waals surface area contributed by atoms with Crippen LogP contribution >= 0.6 is 23.5 Å². The average Bonchev–Trinajstić information content (AvgIpc) is 2.85. The van der Waals surface area contributed by atoms with E-state index in [0.717, 1.165) is 37.2 Å². The molecule has 7 nitrogen and oxygen atoms in total. The molecule has 3 N–H and O–H groups in total. The summed E-state index contributed by atoms with van der Waals surface area (Å²) in [6, 6.07) is 8.52. The fraction of sp³-hybridized carbons (Fsp3) is 0.320. The molecule has 1 aromatic carbocycles. The molecule has 2 heterocycles. The molecule has 0 unspecified atom stereocenters. The number of urea groups is 1. The SMILES string of the molecule is CCCCn1ccc(-c2ccc(O)c[c]2[Po][CH3])c(NC(=O)Nc2c(SC)cc(C)nc2SC)c1=O. The van der Waals surface area contributed by atoms with Gasteiger partial charge in [-0.1, -0.05) is 0 Å². The number of aryl methyl sites for hydroxylation is 2. The van der Waals surface area contributed by atoms with Gasteiger partial charge in [0, 0.05) is 0 Å². The zero-order valence-electron chi connectivity index (χ0n) is 20.5. The standard InChI is InChI=1S/C24H27N4O3S2.CH3.Po/c1-5-6-12-28-13-11-18(16-7-9-17(29)10-8-16)20(23(28)30)26-24(31)27-21-19(32-3)14-15(2)25-22(21)33-4;;/h7,9-11,13-14,29H,5-6,12H2,1-4H3,(H2,26,27,31);1H3;. The molecular weight excluding hydrogens is 677 g/mol. The first-order valence-electron chi connectivity index (χ1n) is 11.1. The van der Waals surface area contributed by atoms with E-state index < -0.39 is 29.6 Å². The van der Waals surface area contributed by atoms with Crippen molar-refractivity contribution in [2.24, 2.45) is 0 Å². The molecule has 0 saturated carbocycles. The third-order valence-corrected chi connectivity index (χ3v) is 9.83. The number of pyridine rings is 2. The molecule has 35 heavy (non-hydrogen) atoms. The predicted molar refractivity (Wildman–Crippen MR) is 149 cm³/mol. The van der Waals surface area contributed by atoms with Gasteiger partial charge in [0.1, 0.15) is 0 Å². The van der Waals surface area contributed by atoms with Crippen LogP contribution in [-0.4, -0.2) is 56.8 Å². The zero-order chi connectivity index (χ0) is 25.5. The first kappa shape index (κ1) is 27.6. The zero-order valence-corrected chi connectivity index (χ0v) is 25.3. The summed E-state index contributed by atoms with van der Waals surface area (Å²) in [5.41, 5.74) is 3.02. The van der Waals surface area contributed by atoms with Gasteiger partial charge in [0.05, 0.1) is 0 Å². The number of hydrogen-bond acceptors (Lipinski definition) is 6. The number of carbonyl (C=O) groups is 1. The van der Waals surface area contributed by atoms with Crippen LogP contribution in [0.1, 0.15) is 25.5 Å². The van der Waals surface area contributed by atoms with Gasteiger partial charge in [-0.2, -0.15) is 0 Å². The van der Waals surface area contributed by atoms with Crippen molar-refractivity contribution in [3.05, 3.63) is 52.6 Å². The summed E-state index contributed by atoms with van der Waals surface area (Å²) in [6.07, 6.45) is 7.47. The molecule has 0 spiro atoms. The van der Waals surface area contributed by atoms with Gasteiger partial charge in [-0.05, 0) is 0 Å². The number of phenolic OH excluding ortho intramolecular Hbond substituents is 1. The number of benzene rings is 1. The molecule has 2 amide bonds. The maximum absolute atomic E-state index is 13.5. The number of nitrogens with zero attached hydrogens (tertiary/aromatic N) is 2. The number of carbonyl (C=O) groups excluding carboxylic acids is 1. The van der Waals surface area contributed by atoms with Gasteiger partial charge in [0.15, 0.2) is 0 Å². The van der Waals surface area contributed by atoms with Crippen molar-refractivity contribution in [1.82, 2.24) is 9.55 Å². The second-order valence-electron chi connectivity index (χ2n) is 7.77. The van der Waals surface area contributed by atoms with Crippen molar-refractivity contribution >= 4 is 67.7 Å². The summed E-state index contributed by atoms with van der Waals surface area (Å²) in [5, 5.41) is 16.5. The molecule has 3 aromatic rings. The number of thioether (sulfide) groups is 2. The molecule has 0 radical (unpaired) electrons. The monoisotopic (exact) mass is 707 g/mol. The second-order valence-corrected chi connectivity index (χ2v) is 12.7. The normalized spacial score (nSPS) is 10.9. The molecule has 186 valence electrons. The van der Waals surface area contributed by atoms with Crippen molar-refractivity contribution in [2.45, 2.75) is 47.7 Å². The topological polar surface area (TPSA) is 96.2 Å². The summed E-state index contributed by atoms with van der Waals surface area (Å²) >= 11 is 2.06.